The van der Waals surface area contributed by atoms with Gasteiger partial charge < -0.3 is 5.32 Å². The van der Waals surface area contributed by atoms with Gasteiger partial charge in [0.1, 0.15) is 5.82 Å². The Bertz CT molecular complexity index is 402. The maximum Gasteiger partial charge on any atom is 0.251 e. The number of rotatable bonds is 12. The number of carbonyl (C=O) groups is 1. The summed E-state index contributed by atoms with van der Waals surface area (Å²) in [6.45, 7) is 2.95. The van der Waals surface area contributed by atoms with Crippen LogP contribution in [-0.4, -0.2) is 12.5 Å². The lowest BCUT2D eigenvalue weighted by atomic mass is 10.1. The predicted octanol–water partition coefficient (Wildman–Crippen LogP) is 5.48. The molecule has 1 amide bonds. The van der Waals surface area contributed by atoms with E-state index in [2.05, 4.69) is 12.2 Å². The van der Waals surface area contributed by atoms with Crippen molar-refractivity contribution in [3.63, 3.8) is 0 Å². The van der Waals surface area contributed by atoms with Crippen molar-refractivity contribution in [3.8, 4) is 0 Å². The summed E-state index contributed by atoms with van der Waals surface area (Å²) in [4.78, 5) is 11.8. The Morgan fingerprint density at radius 1 is 0.864 bits per heavy atom. The van der Waals surface area contributed by atoms with Crippen LogP contribution in [0.5, 0.6) is 0 Å². The van der Waals surface area contributed by atoms with Gasteiger partial charge in [-0.3, -0.25) is 4.79 Å². The van der Waals surface area contributed by atoms with Crippen LogP contribution in [-0.2, 0) is 0 Å². The number of amides is 1. The minimum Gasteiger partial charge on any atom is -0.352 e. The highest BCUT2D eigenvalue weighted by atomic mass is 19.1. The maximum absolute atomic E-state index is 12.8. The zero-order valence-electron chi connectivity index (χ0n) is 13.9. The smallest absolute Gasteiger partial charge is 0.251 e. The number of benzene rings is 1. The van der Waals surface area contributed by atoms with Gasteiger partial charge in [-0.2, -0.15) is 0 Å². The van der Waals surface area contributed by atoms with Crippen molar-refractivity contribution in [1.29, 1.82) is 0 Å². The molecule has 0 saturated carbocycles. The highest BCUT2D eigenvalue weighted by Crippen LogP contribution is 2.10. The number of halogens is 1. The van der Waals surface area contributed by atoms with Crippen molar-refractivity contribution in [2.75, 3.05) is 6.54 Å². The van der Waals surface area contributed by atoms with Crippen molar-refractivity contribution in [3.05, 3.63) is 35.6 Å². The average molecular weight is 307 g/mol. The van der Waals surface area contributed by atoms with Crippen LogP contribution in [0.15, 0.2) is 24.3 Å². The van der Waals surface area contributed by atoms with Gasteiger partial charge >= 0.3 is 0 Å². The van der Waals surface area contributed by atoms with Gasteiger partial charge in [-0.25, -0.2) is 4.39 Å². The number of hydrogen-bond donors (Lipinski definition) is 1. The molecule has 0 atom stereocenters. The van der Waals surface area contributed by atoms with Crippen molar-refractivity contribution in [2.45, 2.75) is 71.1 Å². The average Bonchev–Trinajstić information content (AvgIpc) is 2.53. The minimum absolute atomic E-state index is 0.115. The first-order valence-corrected chi connectivity index (χ1v) is 8.78. The molecule has 0 aliphatic carbocycles. The van der Waals surface area contributed by atoms with Crippen molar-refractivity contribution in [1.82, 2.24) is 5.32 Å². The van der Waals surface area contributed by atoms with E-state index in [9.17, 15) is 9.18 Å². The Labute approximate surface area is 134 Å². The van der Waals surface area contributed by atoms with E-state index in [1.807, 2.05) is 0 Å². The summed E-state index contributed by atoms with van der Waals surface area (Å²) in [5.41, 5.74) is 0.522. The van der Waals surface area contributed by atoms with Crippen LogP contribution in [0.2, 0.25) is 0 Å². The van der Waals surface area contributed by atoms with Crippen molar-refractivity contribution in [2.24, 2.45) is 0 Å². The first-order valence-electron chi connectivity index (χ1n) is 8.78. The molecule has 0 saturated heterocycles. The minimum atomic E-state index is -0.314. The molecule has 0 unspecified atom stereocenters. The van der Waals surface area contributed by atoms with E-state index in [0.29, 0.717) is 12.1 Å². The van der Waals surface area contributed by atoms with Gasteiger partial charge in [0.05, 0.1) is 0 Å². The first-order chi connectivity index (χ1) is 10.7. The standard InChI is InChI=1S/C19H30FNO/c1-2-3-4-5-6-7-8-9-10-11-16-21-19(22)17-12-14-18(20)15-13-17/h12-15H,2-11,16H2,1H3,(H,21,22). The van der Waals surface area contributed by atoms with E-state index in [-0.39, 0.29) is 11.7 Å². The van der Waals surface area contributed by atoms with Gasteiger partial charge in [0.15, 0.2) is 0 Å². The molecule has 1 aromatic rings. The Hall–Kier alpha value is -1.38. The van der Waals surface area contributed by atoms with Crippen molar-refractivity contribution < 1.29 is 9.18 Å². The zero-order valence-corrected chi connectivity index (χ0v) is 13.9. The Kier molecular flexibility index (Phi) is 10.3. The van der Waals surface area contributed by atoms with Crippen LogP contribution in [0.3, 0.4) is 0 Å². The van der Waals surface area contributed by atoms with Crippen molar-refractivity contribution >= 4 is 5.91 Å². The third kappa shape index (κ3) is 8.81. The van der Waals surface area contributed by atoms with Gasteiger partial charge in [-0.15, -0.1) is 0 Å². The lowest BCUT2D eigenvalue weighted by Crippen LogP contribution is -2.24. The second-order valence-electron chi connectivity index (χ2n) is 5.94. The van der Waals surface area contributed by atoms with E-state index in [1.54, 1.807) is 0 Å². The summed E-state index contributed by atoms with van der Waals surface area (Å²) in [5.74, 6) is -0.429. The van der Waals surface area contributed by atoms with Gasteiger partial charge in [0.25, 0.3) is 5.91 Å². The molecular formula is C19H30FNO. The first kappa shape index (κ1) is 18.7. The second kappa shape index (κ2) is 12.2. The van der Waals surface area contributed by atoms with Crippen LogP contribution >= 0.6 is 0 Å². The maximum atomic E-state index is 12.8. The topological polar surface area (TPSA) is 29.1 Å². The van der Waals surface area contributed by atoms with E-state index in [1.165, 1.54) is 82.1 Å². The molecule has 1 rings (SSSR count). The summed E-state index contributed by atoms with van der Waals surface area (Å²) >= 11 is 0. The molecule has 0 aromatic heterocycles. The third-order valence-electron chi connectivity index (χ3n) is 3.92. The van der Waals surface area contributed by atoms with Gasteiger partial charge in [-0.1, -0.05) is 64.7 Å². The molecule has 124 valence electrons. The lowest BCUT2D eigenvalue weighted by Gasteiger charge is -2.05. The van der Waals surface area contributed by atoms with E-state index in [4.69, 9.17) is 0 Å². The zero-order chi connectivity index (χ0) is 16.0. The summed E-state index contributed by atoms with van der Waals surface area (Å²) in [6, 6.07) is 5.66. The summed E-state index contributed by atoms with van der Waals surface area (Å²) < 4.78 is 12.8. The fraction of sp³-hybridized carbons (Fsp3) is 0.632. The largest absolute Gasteiger partial charge is 0.352 e. The monoisotopic (exact) mass is 307 g/mol. The molecule has 1 N–H and O–H groups in total. The molecule has 0 heterocycles. The number of nitrogens with one attached hydrogen (secondary N) is 1. The summed E-state index contributed by atoms with van der Waals surface area (Å²) in [6.07, 6.45) is 12.9. The summed E-state index contributed by atoms with van der Waals surface area (Å²) in [7, 11) is 0. The van der Waals surface area contributed by atoms with Crippen LogP contribution in [0.1, 0.15) is 81.5 Å². The predicted molar refractivity (Wildman–Crippen MR) is 90.6 cm³/mol. The fourth-order valence-electron chi connectivity index (χ4n) is 2.52. The molecular weight excluding hydrogens is 277 g/mol. The normalized spacial score (nSPS) is 10.6. The van der Waals surface area contributed by atoms with Gasteiger partial charge in [-0.05, 0) is 30.7 Å². The van der Waals surface area contributed by atoms with E-state index in [0.717, 1.165) is 6.42 Å². The Balaban J connectivity index is 1.93. The molecule has 0 spiro atoms. The Morgan fingerprint density at radius 2 is 1.36 bits per heavy atom. The molecule has 0 aliphatic rings. The van der Waals surface area contributed by atoms with E-state index < -0.39 is 0 Å². The van der Waals surface area contributed by atoms with Gasteiger partial charge in [0.2, 0.25) is 0 Å². The molecule has 0 bridgehead atoms. The van der Waals surface area contributed by atoms with Crippen LogP contribution in [0, 0.1) is 5.82 Å². The van der Waals surface area contributed by atoms with Gasteiger partial charge in [0, 0.05) is 12.1 Å². The number of hydrogen-bond acceptors (Lipinski definition) is 1. The van der Waals surface area contributed by atoms with Crippen LogP contribution in [0.25, 0.3) is 0 Å². The molecule has 22 heavy (non-hydrogen) atoms. The molecule has 1 aromatic carbocycles. The molecule has 2 nitrogen and oxygen atoms in total. The Morgan fingerprint density at radius 3 is 1.91 bits per heavy atom. The third-order valence-corrected chi connectivity index (χ3v) is 3.92. The quantitative estimate of drug-likeness (QED) is 0.509. The second-order valence-corrected chi connectivity index (χ2v) is 5.94. The SMILES string of the molecule is CCCCCCCCCCCCNC(=O)c1ccc(F)cc1. The molecule has 3 heteroatoms. The lowest BCUT2D eigenvalue weighted by molar-refractivity contribution is 0.0953. The van der Waals surface area contributed by atoms with Crippen LogP contribution < -0.4 is 5.32 Å². The van der Waals surface area contributed by atoms with E-state index >= 15 is 0 Å². The highest BCUT2D eigenvalue weighted by molar-refractivity contribution is 5.94. The number of carbonyl (C=O) groups excluding carboxylic acids is 1. The summed E-state index contributed by atoms with van der Waals surface area (Å²) in [5, 5.41) is 2.88. The number of unbranched alkanes of at least 4 members (excludes halogenated alkanes) is 9. The molecule has 0 radical (unpaired) electrons. The molecule has 0 fully saturated rings. The highest BCUT2D eigenvalue weighted by Gasteiger charge is 2.04. The molecule has 0 aliphatic heterocycles. The van der Waals surface area contributed by atoms with Crippen LogP contribution in [0.4, 0.5) is 4.39 Å². The fourth-order valence-corrected chi connectivity index (χ4v) is 2.52.